The van der Waals surface area contributed by atoms with Gasteiger partial charge in [0.15, 0.2) is 0 Å². The molecule has 1 N–H and O–H groups in total. The molecule has 2 nitrogen and oxygen atoms in total. The summed E-state index contributed by atoms with van der Waals surface area (Å²) in [5.74, 6) is -0.00401. The fourth-order valence-electron chi connectivity index (χ4n) is 1.53. The van der Waals surface area contributed by atoms with Crippen molar-refractivity contribution >= 4 is 29.3 Å². The van der Waals surface area contributed by atoms with Gasteiger partial charge in [-0.2, -0.15) is 0 Å². The van der Waals surface area contributed by atoms with Crippen LogP contribution in [0.15, 0.2) is 53.4 Å². The van der Waals surface area contributed by atoms with Crippen LogP contribution in [0.2, 0.25) is 5.02 Å². The topological polar surface area (TPSA) is 29.1 Å². The highest BCUT2D eigenvalue weighted by Gasteiger charge is 2.03. The maximum Gasteiger partial charge on any atom is 0.230 e. The van der Waals surface area contributed by atoms with E-state index in [9.17, 15) is 9.18 Å². The second kappa shape index (κ2) is 7.31. The number of carbonyl (C=O) groups excluding carboxylic acids is 1. The molecule has 0 spiro atoms. The van der Waals surface area contributed by atoms with Crippen LogP contribution in [-0.2, 0) is 11.3 Å². The fourth-order valence-corrected chi connectivity index (χ4v) is 2.39. The first-order chi connectivity index (χ1) is 9.63. The number of carbonyl (C=O) groups is 1. The van der Waals surface area contributed by atoms with Gasteiger partial charge in [-0.15, -0.1) is 11.8 Å². The Labute approximate surface area is 126 Å². The van der Waals surface area contributed by atoms with E-state index in [0.29, 0.717) is 17.3 Å². The van der Waals surface area contributed by atoms with Crippen molar-refractivity contribution in [2.24, 2.45) is 0 Å². The van der Waals surface area contributed by atoms with E-state index >= 15 is 0 Å². The summed E-state index contributed by atoms with van der Waals surface area (Å²) in [7, 11) is 0. The van der Waals surface area contributed by atoms with Crippen LogP contribution in [0.25, 0.3) is 0 Å². The number of benzene rings is 2. The molecule has 2 aromatic carbocycles. The number of amides is 1. The largest absolute Gasteiger partial charge is 0.351 e. The van der Waals surface area contributed by atoms with Crippen LogP contribution in [0.1, 0.15) is 5.56 Å². The highest BCUT2D eigenvalue weighted by atomic mass is 35.5. The quantitative estimate of drug-likeness (QED) is 0.849. The predicted octanol–water partition coefficient (Wildman–Crippen LogP) is 3.89. The van der Waals surface area contributed by atoms with Crippen molar-refractivity contribution in [1.29, 1.82) is 0 Å². The van der Waals surface area contributed by atoms with E-state index in [1.807, 2.05) is 12.1 Å². The van der Waals surface area contributed by atoms with E-state index < -0.39 is 0 Å². The molecule has 20 heavy (non-hydrogen) atoms. The van der Waals surface area contributed by atoms with Crippen molar-refractivity contribution in [3.05, 3.63) is 64.9 Å². The van der Waals surface area contributed by atoms with E-state index in [2.05, 4.69) is 5.32 Å². The molecule has 2 aromatic rings. The Balaban J connectivity index is 1.75. The van der Waals surface area contributed by atoms with Crippen LogP contribution in [-0.4, -0.2) is 11.7 Å². The smallest absolute Gasteiger partial charge is 0.230 e. The molecule has 0 atom stereocenters. The van der Waals surface area contributed by atoms with Gasteiger partial charge in [-0.05, 0) is 42.0 Å². The van der Waals surface area contributed by atoms with Crippen molar-refractivity contribution < 1.29 is 9.18 Å². The van der Waals surface area contributed by atoms with Gasteiger partial charge in [-0.25, -0.2) is 4.39 Å². The Morgan fingerprint density at radius 1 is 1.10 bits per heavy atom. The first-order valence-electron chi connectivity index (χ1n) is 6.03. The molecule has 5 heteroatoms. The number of rotatable bonds is 5. The van der Waals surface area contributed by atoms with Gasteiger partial charge in [0.25, 0.3) is 0 Å². The fraction of sp³-hybridized carbons (Fsp3) is 0.133. The minimum absolute atomic E-state index is 0.0609. The lowest BCUT2D eigenvalue weighted by Gasteiger charge is -2.05. The molecule has 1 amide bonds. The summed E-state index contributed by atoms with van der Waals surface area (Å²) in [5, 5.41) is 3.47. The Kier molecular flexibility index (Phi) is 5.44. The van der Waals surface area contributed by atoms with Crippen LogP contribution < -0.4 is 5.32 Å². The van der Waals surface area contributed by atoms with Crippen LogP contribution >= 0.6 is 23.4 Å². The van der Waals surface area contributed by atoms with E-state index in [4.69, 9.17) is 11.6 Å². The van der Waals surface area contributed by atoms with Gasteiger partial charge in [0, 0.05) is 16.5 Å². The molecule has 0 aliphatic carbocycles. The van der Waals surface area contributed by atoms with Crippen LogP contribution in [0.4, 0.5) is 4.39 Å². The molecule has 0 saturated heterocycles. The maximum absolute atomic E-state index is 12.7. The number of hydrogen-bond donors (Lipinski definition) is 1. The second-order valence-corrected chi connectivity index (χ2v) is 5.63. The molecule has 104 valence electrons. The minimum atomic E-state index is -0.279. The SMILES string of the molecule is O=C(CSc1ccc(Cl)cc1)NCc1ccc(F)cc1. The van der Waals surface area contributed by atoms with E-state index in [0.717, 1.165) is 10.5 Å². The number of hydrogen-bond acceptors (Lipinski definition) is 2. The lowest BCUT2D eigenvalue weighted by Crippen LogP contribution is -2.24. The zero-order chi connectivity index (χ0) is 14.4. The summed E-state index contributed by atoms with van der Waals surface area (Å²) in [6.07, 6.45) is 0. The number of nitrogens with one attached hydrogen (secondary N) is 1. The third-order valence-corrected chi connectivity index (χ3v) is 3.85. The zero-order valence-electron chi connectivity index (χ0n) is 10.6. The van der Waals surface area contributed by atoms with Crippen molar-refractivity contribution in [1.82, 2.24) is 5.32 Å². The summed E-state index contributed by atoms with van der Waals surface area (Å²) in [6.45, 7) is 0.403. The Hall–Kier alpha value is -1.52. The van der Waals surface area contributed by atoms with Gasteiger partial charge in [-0.3, -0.25) is 4.79 Å². The third-order valence-electron chi connectivity index (χ3n) is 2.59. The van der Waals surface area contributed by atoms with E-state index in [1.54, 1.807) is 24.3 Å². The molecule has 2 rings (SSSR count). The molecule has 0 aromatic heterocycles. The third kappa shape index (κ3) is 4.87. The Morgan fingerprint density at radius 3 is 2.40 bits per heavy atom. The highest BCUT2D eigenvalue weighted by molar-refractivity contribution is 8.00. The summed E-state index contributed by atoms with van der Waals surface area (Å²) >= 11 is 7.23. The molecular formula is C15H13ClFNOS. The van der Waals surface area contributed by atoms with Crippen molar-refractivity contribution in [3.8, 4) is 0 Å². The summed E-state index contributed by atoms with van der Waals surface area (Å²) < 4.78 is 12.7. The molecule has 0 unspecified atom stereocenters. The van der Waals surface area contributed by atoms with Crippen LogP contribution in [0.5, 0.6) is 0 Å². The lowest BCUT2D eigenvalue weighted by atomic mass is 10.2. The lowest BCUT2D eigenvalue weighted by molar-refractivity contribution is -0.118. The number of thioether (sulfide) groups is 1. The first kappa shape index (κ1) is 14.9. The van der Waals surface area contributed by atoms with Crippen molar-refractivity contribution in [2.75, 3.05) is 5.75 Å². The Morgan fingerprint density at radius 2 is 1.75 bits per heavy atom. The summed E-state index contributed by atoms with van der Waals surface area (Å²) in [4.78, 5) is 12.7. The molecule has 0 aliphatic heterocycles. The second-order valence-electron chi connectivity index (χ2n) is 4.15. The van der Waals surface area contributed by atoms with E-state index in [1.165, 1.54) is 23.9 Å². The van der Waals surface area contributed by atoms with Gasteiger partial charge >= 0.3 is 0 Å². The zero-order valence-corrected chi connectivity index (χ0v) is 12.2. The van der Waals surface area contributed by atoms with Gasteiger partial charge < -0.3 is 5.32 Å². The molecule has 0 saturated carbocycles. The number of halogens is 2. The molecule has 0 bridgehead atoms. The minimum Gasteiger partial charge on any atom is -0.351 e. The summed E-state index contributed by atoms with van der Waals surface area (Å²) in [5.41, 5.74) is 0.872. The standard InChI is InChI=1S/C15H13ClFNOS/c16-12-3-7-14(8-4-12)20-10-15(19)18-9-11-1-5-13(17)6-2-11/h1-8H,9-10H2,(H,18,19). The maximum atomic E-state index is 12.7. The molecular weight excluding hydrogens is 297 g/mol. The van der Waals surface area contributed by atoms with Gasteiger partial charge in [0.05, 0.1) is 5.75 Å². The molecule has 0 radical (unpaired) electrons. The molecule has 0 fully saturated rings. The van der Waals surface area contributed by atoms with Gasteiger partial charge in [-0.1, -0.05) is 23.7 Å². The van der Waals surface area contributed by atoms with Gasteiger partial charge in [0.2, 0.25) is 5.91 Å². The summed E-state index contributed by atoms with van der Waals surface area (Å²) in [6, 6.07) is 13.4. The van der Waals surface area contributed by atoms with Crippen LogP contribution in [0, 0.1) is 5.82 Å². The molecule has 0 aliphatic rings. The molecule has 0 heterocycles. The Bertz CT molecular complexity index is 520. The predicted molar refractivity (Wildman–Crippen MR) is 80.4 cm³/mol. The average Bonchev–Trinajstić information content (AvgIpc) is 2.46. The van der Waals surface area contributed by atoms with E-state index in [-0.39, 0.29) is 11.7 Å². The van der Waals surface area contributed by atoms with Crippen molar-refractivity contribution in [2.45, 2.75) is 11.4 Å². The normalized spacial score (nSPS) is 10.3. The highest BCUT2D eigenvalue weighted by Crippen LogP contribution is 2.19. The van der Waals surface area contributed by atoms with Gasteiger partial charge in [0.1, 0.15) is 5.82 Å². The average molecular weight is 310 g/mol. The van der Waals surface area contributed by atoms with Crippen LogP contribution in [0.3, 0.4) is 0 Å². The first-order valence-corrected chi connectivity index (χ1v) is 7.39. The van der Waals surface area contributed by atoms with Crippen molar-refractivity contribution in [3.63, 3.8) is 0 Å². The monoisotopic (exact) mass is 309 g/mol.